The Balaban J connectivity index is 2.59. The molecule has 0 aliphatic rings. The van der Waals surface area contributed by atoms with E-state index in [9.17, 15) is 4.79 Å². The molecule has 1 aromatic heterocycles. The number of hydrogen-bond acceptors (Lipinski definition) is 3. The summed E-state index contributed by atoms with van der Waals surface area (Å²) in [6, 6.07) is 7.45. The molecule has 1 heterocycles. The van der Waals surface area contributed by atoms with Gasteiger partial charge in [-0.15, -0.1) is 0 Å². The van der Waals surface area contributed by atoms with Crippen molar-refractivity contribution >= 4 is 5.97 Å². The highest BCUT2D eigenvalue weighted by molar-refractivity contribution is 5.88. The third-order valence-corrected chi connectivity index (χ3v) is 2.94. The molecule has 0 atom stereocenters. The van der Waals surface area contributed by atoms with Crippen LogP contribution < -0.4 is 4.74 Å². The SMILES string of the molecule is COc1ccc(C)cc1-c1ncc(C(=O)O)cc1C. The summed E-state index contributed by atoms with van der Waals surface area (Å²) >= 11 is 0. The lowest BCUT2D eigenvalue weighted by atomic mass is 10.0. The second-order valence-electron chi connectivity index (χ2n) is 4.40. The molecule has 0 unspecified atom stereocenters. The Morgan fingerprint density at radius 1 is 1.26 bits per heavy atom. The second-order valence-corrected chi connectivity index (χ2v) is 4.40. The van der Waals surface area contributed by atoms with Gasteiger partial charge in [0.25, 0.3) is 0 Å². The molecule has 98 valence electrons. The largest absolute Gasteiger partial charge is 0.496 e. The third kappa shape index (κ3) is 2.57. The van der Waals surface area contributed by atoms with Crippen molar-refractivity contribution in [1.29, 1.82) is 0 Å². The molecule has 0 aliphatic heterocycles. The van der Waals surface area contributed by atoms with E-state index in [4.69, 9.17) is 9.84 Å². The van der Waals surface area contributed by atoms with Crippen LogP contribution in [-0.2, 0) is 0 Å². The molecule has 2 rings (SSSR count). The van der Waals surface area contributed by atoms with Crippen LogP contribution in [0.4, 0.5) is 0 Å². The van der Waals surface area contributed by atoms with Gasteiger partial charge in [0.2, 0.25) is 0 Å². The van der Waals surface area contributed by atoms with Crippen molar-refractivity contribution in [2.45, 2.75) is 13.8 Å². The van der Waals surface area contributed by atoms with Crippen molar-refractivity contribution < 1.29 is 14.6 Å². The standard InChI is InChI=1S/C15H15NO3/c1-9-4-5-13(19-3)12(6-9)14-10(2)7-11(8-16-14)15(17)18/h4-8H,1-3H3,(H,17,18). The van der Waals surface area contributed by atoms with Crippen LogP contribution in [0.15, 0.2) is 30.5 Å². The van der Waals surface area contributed by atoms with Crippen molar-refractivity contribution in [1.82, 2.24) is 4.98 Å². The number of aromatic carboxylic acids is 1. The Labute approximate surface area is 111 Å². The van der Waals surface area contributed by atoms with Crippen LogP contribution >= 0.6 is 0 Å². The molecule has 1 N–H and O–H groups in total. The molecule has 0 saturated carbocycles. The highest BCUT2D eigenvalue weighted by atomic mass is 16.5. The van der Waals surface area contributed by atoms with E-state index in [0.29, 0.717) is 0 Å². The molecule has 0 spiro atoms. The van der Waals surface area contributed by atoms with Crippen LogP contribution in [0.5, 0.6) is 5.75 Å². The number of rotatable bonds is 3. The van der Waals surface area contributed by atoms with Crippen LogP contribution in [0.25, 0.3) is 11.3 Å². The fraction of sp³-hybridized carbons (Fsp3) is 0.200. The van der Waals surface area contributed by atoms with Crippen LogP contribution in [0.3, 0.4) is 0 Å². The minimum atomic E-state index is -0.974. The lowest BCUT2D eigenvalue weighted by molar-refractivity contribution is 0.0696. The quantitative estimate of drug-likeness (QED) is 0.918. The number of pyridine rings is 1. The monoisotopic (exact) mass is 257 g/mol. The average Bonchev–Trinajstić information content (AvgIpc) is 2.38. The smallest absolute Gasteiger partial charge is 0.337 e. The number of nitrogens with zero attached hydrogens (tertiary/aromatic N) is 1. The Morgan fingerprint density at radius 2 is 2.00 bits per heavy atom. The molecule has 0 fully saturated rings. The van der Waals surface area contributed by atoms with Crippen LogP contribution in [0.2, 0.25) is 0 Å². The molecular formula is C15H15NO3. The Hall–Kier alpha value is -2.36. The van der Waals surface area contributed by atoms with Gasteiger partial charge < -0.3 is 9.84 Å². The number of aryl methyl sites for hydroxylation is 2. The molecule has 19 heavy (non-hydrogen) atoms. The minimum absolute atomic E-state index is 0.188. The highest BCUT2D eigenvalue weighted by Gasteiger charge is 2.12. The first kappa shape index (κ1) is 13.1. The van der Waals surface area contributed by atoms with E-state index >= 15 is 0 Å². The van der Waals surface area contributed by atoms with E-state index in [1.165, 1.54) is 6.20 Å². The molecule has 0 aliphatic carbocycles. The zero-order valence-corrected chi connectivity index (χ0v) is 11.1. The van der Waals surface area contributed by atoms with Gasteiger partial charge in [0.15, 0.2) is 0 Å². The zero-order valence-electron chi connectivity index (χ0n) is 11.1. The van der Waals surface area contributed by atoms with E-state index in [1.54, 1.807) is 13.2 Å². The predicted octanol–water partition coefficient (Wildman–Crippen LogP) is 3.07. The molecule has 0 bridgehead atoms. The molecular weight excluding hydrogens is 242 g/mol. The highest BCUT2D eigenvalue weighted by Crippen LogP contribution is 2.31. The summed E-state index contributed by atoms with van der Waals surface area (Å²) in [5.74, 6) is -0.248. The second kappa shape index (κ2) is 5.10. The molecule has 4 heteroatoms. The summed E-state index contributed by atoms with van der Waals surface area (Å²) in [6.45, 7) is 3.83. The number of carbonyl (C=O) groups is 1. The topological polar surface area (TPSA) is 59.4 Å². The number of hydrogen-bond donors (Lipinski definition) is 1. The van der Waals surface area contributed by atoms with Gasteiger partial charge in [0.05, 0.1) is 18.4 Å². The van der Waals surface area contributed by atoms with Gasteiger partial charge in [-0.25, -0.2) is 4.79 Å². The van der Waals surface area contributed by atoms with Gasteiger partial charge >= 0.3 is 5.97 Å². The minimum Gasteiger partial charge on any atom is -0.496 e. The van der Waals surface area contributed by atoms with Gasteiger partial charge in [-0.1, -0.05) is 11.6 Å². The first-order valence-corrected chi connectivity index (χ1v) is 5.88. The van der Waals surface area contributed by atoms with Crippen LogP contribution in [0, 0.1) is 13.8 Å². The van der Waals surface area contributed by atoms with Crippen molar-refractivity contribution in [3.05, 3.63) is 47.2 Å². The molecule has 4 nitrogen and oxygen atoms in total. The van der Waals surface area contributed by atoms with Gasteiger partial charge in [0.1, 0.15) is 5.75 Å². The van der Waals surface area contributed by atoms with E-state index in [2.05, 4.69) is 4.98 Å². The Morgan fingerprint density at radius 3 is 2.58 bits per heavy atom. The van der Waals surface area contributed by atoms with E-state index < -0.39 is 5.97 Å². The first-order chi connectivity index (χ1) is 9.02. The fourth-order valence-electron chi connectivity index (χ4n) is 1.98. The summed E-state index contributed by atoms with van der Waals surface area (Å²) in [6.07, 6.45) is 1.37. The van der Waals surface area contributed by atoms with Crippen molar-refractivity contribution in [2.24, 2.45) is 0 Å². The lowest BCUT2D eigenvalue weighted by Gasteiger charge is -2.11. The summed E-state index contributed by atoms with van der Waals surface area (Å²) < 4.78 is 5.33. The van der Waals surface area contributed by atoms with Crippen molar-refractivity contribution in [3.8, 4) is 17.0 Å². The predicted molar refractivity (Wildman–Crippen MR) is 72.7 cm³/mol. The number of carboxylic acids is 1. The lowest BCUT2D eigenvalue weighted by Crippen LogP contribution is -2.00. The third-order valence-electron chi connectivity index (χ3n) is 2.94. The number of methoxy groups -OCH3 is 1. The average molecular weight is 257 g/mol. The van der Waals surface area contributed by atoms with Crippen LogP contribution in [0.1, 0.15) is 21.5 Å². The number of ether oxygens (including phenoxy) is 1. The maximum Gasteiger partial charge on any atom is 0.337 e. The first-order valence-electron chi connectivity index (χ1n) is 5.88. The van der Waals surface area contributed by atoms with E-state index in [0.717, 1.165) is 28.1 Å². The molecule has 1 aromatic carbocycles. The molecule has 0 amide bonds. The van der Waals surface area contributed by atoms with Gasteiger partial charge in [0, 0.05) is 11.8 Å². The van der Waals surface area contributed by atoms with Gasteiger partial charge in [-0.2, -0.15) is 0 Å². The van der Waals surface area contributed by atoms with Crippen LogP contribution in [-0.4, -0.2) is 23.2 Å². The normalized spacial score (nSPS) is 10.3. The maximum atomic E-state index is 10.9. The number of benzene rings is 1. The molecule has 2 aromatic rings. The Kier molecular flexibility index (Phi) is 3.51. The van der Waals surface area contributed by atoms with Crippen molar-refractivity contribution in [3.63, 3.8) is 0 Å². The summed E-state index contributed by atoms with van der Waals surface area (Å²) in [7, 11) is 1.61. The van der Waals surface area contributed by atoms with E-state index in [1.807, 2.05) is 32.0 Å². The summed E-state index contributed by atoms with van der Waals surface area (Å²) in [5, 5.41) is 8.95. The van der Waals surface area contributed by atoms with Crippen molar-refractivity contribution in [2.75, 3.05) is 7.11 Å². The zero-order chi connectivity index (χ0) is 14.0. The maximum absolute atomic E-state index is 10.9. The van der Waals surface area contributed by atoms with Gasteiger partial charge in [-0.05, 0) is 37.6 Å². The molecule has 0 radical (unpaired) electrons. The number of aromatic nitrogens is 1. The summed E-state index contributed by atoms with van der Waals surface area (Å²) in [4.78, 5) is 15.2. The Bertz CT molecular complexity index is 635. The fourth-order valence-corrected chi connectivity index (χ4v) is 1.98. The van der Waals surface area contributed by atoms with E-state index in [-0.39, 0.29) is 5.56 Å². The molecule has 0 saturated heterocycles. The van der Waals surface area contributed by atoms with Gasteiger partial charge in [-0.3, -0.25) is 4.98 Å². The number of carboxylic acid groups (broad SMARTS) is 1. The summed E-state index contributed by atoms with van der Waals surface area (Å²) in [5.41, 5.74) is 3.71.